The second-order valence-electron chi connectivity index (χ2n) is 6.71. The first kappa shape index (κ1) is 14.9. The van der Waals surface area contributed by atoms with Crippen LogP contribution in [0.2, 0.25) is 0 Å². The first-order chi connectivity index (χ1) is 9.26. The zero-order valence-corrected chi connectivity index (χ0v) is 12.8. The summed E-state index contributed by atoms with van der Waals surface area (Å²) < 4.78 is 0. The molecule has 0 bridgehead atoms. The Morgan fingerprint density at radius 2 is 2.00 bits per heavy atom. The third kappa shape index (κ3) is 3.72. The molecule has 2 rings (SSSR count). The Kier molecular flexibility index (Phi) is 5.70. The Labute approximate surface area is 119 Å². The van der Waals surface area contributed by atoms with Crippen LogP contribution in [0.15, 0.2) is 0 Å². The van der Waals surface area contributed by atoms with Gasteiger partial charge in [0.15, 0.2) is 0 Å². The highest BCUT2D eigenvalue weighted by atomic mass is 15.2. The Balaban J connectivity index is 2.05. The van der Waals surface area contributed by atoms with Crippen molar-refractivity contribution in [2.75, 3.05) is 6.54 Å². The number of hydrogen-bond acceptors (Lipinski definition) is 2. The van der Waals surface area contributed by atoms with Crippen LogP contribution in [-0.2, 0) is 0 Å². The number of rotatable bonds is 3. The van der Waals surface area contributed by atoms with Crippen LogP contribution in [-0.4, -0.2) is 23.5 Å². The van der Waals surface area contributed by atoms with Crippen molar-refractivity contribution in [3.63, 3.8) is 0 Å². The van der Waals surface area contributed by atoms with Crippen LogP contribution in [0.3, 0.4) is 0 Å². The Morgan fingerprint density at radius 3 is 2.74 bits per heavy atom. The molecule has 0 aromatic heterocycles. The van der Waals surface area contributed by atoms with E-state index >= 15 is 0 Å². The number of nitrogens with zero attached hydrogens (tertiary/aromatic N) is 2. The second kappa shape index (κ2) is 7.29. The first-order valence-electron chi connectivity index (χ1n) is 8.41. The minimum atomic E-state index is 0.286. The quantitative estimate of drug-likeness (QED) is 0.755. The molecule has 0 amide bonds. The standard InChI is InChI=1S/C17H30N2/c1-3-7-15-9-10-16(13-18)17(12-15)19-11-6-4-5-8-14(19)2/h14-17H,3-12H2,1-2H3. The highest BCUT2D eigenvalue weighted by Gasteiger charge is 2.36. The topological polar surface area (TPSA) is 27.0 Å². The predicted octanol–water partition coefficient (Wildman–Crippen LogP) is 4.36. The summed E-state index contributed by atoms with van der Waals surface area (Å²) in [5, 5.41) is 9.49. The van der Waals surface area contributed by atoms with E-state index in [1.807, 2.05) is 0 Å². The summed E-state index contributed by atoms with van der Waals surface area (Å²) in [6.07, 6.45) is 11.8. The predicted molar refractivity (Wildman–Crippen MR) is 79.8 cm³/mol. The van der Waals surface area contributed by atoms with Gasteiger partial charge in [-0.25, -0.2) is 0 Å². The van der Waals surface area contributed by atoms with Gasteiger partial charge in [-0.15, -0.1) is 0 Å². The zero-order chi connectivity index (χ0) is 13.7. The largest absolute Gasteiger partial charge is 0.296 e. The lowest BCUT2D eigenvalue weighted by molar-refractivity contribution is 0.0683. The third-order valence-electron chi connectivity index (χ3n) is 5.32. The molecular weight excluding hydrogens is 232 g/mol. The minimum absolute atomic E-state index is 0.286. The maximum atomic E-state index is 9.49. The maximum absolute atomic E-state index is 9.49. The van der Waals surface area contributed by atoms with E-state index in [2.05, 4.69) is 24.8 Å². The Morgan fingerprint density at radius 1 is 1.16 bits per heavy atom. The van der Waals surface area contributed by atoms with Gasteiger partial charge >= 0.3 is 0 Å². The molecule has 1 aliphatic heterocycles. The molecule has 1 saturated carbocycles. The fraction of sp³-hybridized carbons (Fsp3) is 0.941. The van der Waals surface area contributed by atoms with Crippen LogP contribution < -0.4 is 0 Å². The molecule has 0 aromatic carbocycles. The highest BCUT2D eigenvalue weighted by Crippen LogP contribution is 2.36. The zero-order valence-electron chi connectivity index (χ0n) is 12.8. The molecular formula is C17H30N2. The van der Waals surface area contributed by atoms with Crippen LogP contribution in [0.1, 0.15) is 71.6 Å². The number of nitriles is 1. The maximum Gasteiger partial charge on any atom is 0.0672 e. The van der Waals surface area contributed by atoms with Gasteiger partial charge in [-0.1, -0.05) is 32.6 Å². The van der Waals surface area contributed by atoms with Crippen molar-refractivity contribution in [2.24, 2.45) is 11.8 Å². The summed E-state index contributed by atoms with van der Waals surface area (Å²) in [5.41, 5.74) is 0. The summed E-state index contributed by atoms with van der Waals surface area (Å²) in [6, 6.07) is 3.84. The lowest BCUT2D eigenvalue weighted by Gasteiger charge is -2.42. The molecule has 2 nitrogen and oxygen atoms in total. The van der Waals surface area contributed by atoms with Crippen LogP contribution in [0.5, 0.6) is 0 Å². The van der Waals surface area contributed by atoms with E-state index in [0.29, 0.717) is 12.1 Å². The van der Waals surface area contributed by atoms with Gasteiger partial charge in [0.25, 0.3) is 0 Å². The summed E-state index contributed by atoms with van der Waals surface area (Å²) in [5.74, 6) is 1.16. The lowest BCUT2D eigenvalue weighted by atomic mass is 9.76. The van der Waals surface area contributed by atoms with Crippen LogP contribution in [0, 0.1) is 23.2 Å². The lowest BCUT2D eigenvalue weighted by Crippen LogP contribution is -2.48. The summed E-state index contributed by atoms with van der Waals surface area (Å²) in [7, 11) is 0. The van der Waals surface area contributed by atoms with Crippen LogP contribution >= 0.6 is 0 Å². The van der Waals surface area contributed by atoms with E-state index in [1.54, 1.807) is 0 Å². The molecule has 19 heavy (non-hydrogen) atoms. The van der Waals surface area contributed by atoms with Gasteiger partial charge < -0.3 is 0 Å². The monoisotopic (exact) mass is 262 g/mol. The van der Waals surface area contributed by atoms with Crippen LogP contribution in [0.4, 0.5) is 0 Å². The van der Waals surface area contributed by atoms with Crippen molar-refractivity contribution in [1.29, 1.82) is 5.26 Å². The summed E-state index contributed by atoms with van der Waals surface area (Å²) in [6.45, 7) is 5.89. The number of hydrogen-bond donors (Lipinski definition) is 0. The average molecular weight is 262 g/mol. The smallest absolute Gasteiger partial charge is 0.0672 e. The molecule has 4 atom stereocenters. The number of likely N-dealkylation sites (tertiary alicyclic amines) is 1. The van der Waals surface area contributed by atoms with Gasteiger partial charge in [0.1, 0.15) is 0 Å². The average Bonchev–Trinajstić information content (AvgIpc) is 2.64. The molecule has 0 N–H and O–H groups in total. The second-order valence-corrected chi connectivity index (χ2v) is 6.71. The van der Waals surface area contributed by atoms with Gasteiger partial charge in [0.2, 0.25) is 0 Å². The first-order valence-corrected chi connectivity index (χ1v) is 8.41. The summed E-state index contributed by atoms with van der Waals surface area (Å²) >= 11 is 0. The van der Waals surface area contributed by atoms with Gasteiger partial charge in [0.05, 0.1) is 12.0 Å². The van der Waals surface area contributed by atoms with Gasteiger partial charge in [-0.3, -0.25) is 4.90 Å². The Bertz CT molecular complexity index is 307. The molecule has 1 saturated heterocycles. The molecule has 2 aliphatic rings. The minimum Gasteiger partial charge on any atom is -0.296 e. The highest BCUT2D eigenvalue weighted by molar-refractivity contribution is 4.99. The molecule has 1 heterocycles. The van der Waals surface area contributed by atoms with Crippen molar-refractivity contribution in [3.8, 4) is 6.07 Å². The van der Waals surface area contributed by atoms with E-state index in [4.69, 9.17) is 0 Å². The molecule has 0 spiro atoms. The molecule has 1 aliphatic carbocycles. The van der Waals surface area contributed by atoms with Crippen molar-refractivity contribution >= 4 is 0 Å². The fourth-order valence-corrected chi connectivity index (χ4v) is 4.21. The molecule has 2 fully saturated rings. The van der Waals surface area contributed by atoms with Gasteiger partial charge in [-0.2, -0.15) is 5.26 Å². The molecule has 4 unspecified atom stereocenters. The SMILES string of the molecule is CCCC1CCC(C#N)C(N2CCCCCC2C)C1. The molecule has 0 radical (unpaired) electrons. The van der Waals surface area contributed by atoms with E-state index in [1.165, 1.54) is 57.9 Å². The van der Waals surface area contributed by atoms with Gasteiger partial charge in [-0.05, 0) is 51.5 Å². The van der Waals surface area contributed by atoms with E-state index in [0.717, 1.165) is 12.3 Å². The van der Waals surface area contributed by atoms with Crippen molar-refractivity contribution < 1.29 is 0 Å². The van der Waals surface area contributed by atoms with E-state index in [-0.39, 0.29) is 5.92 Å². The van der Waals surface area contributed by atoms with Gasteiger partial charge in [0, 0.05) is 12.1 Å². The fourth-order valence-electron chi connectivity index (χ4n) is 4.21. The van der Waals surface area contributed by atoms with Crippen molar-refractivity contribution in [2.45, 2.75) is 83.7 Å². The molecule has 108 valence electrons. The molecule has 0 aromatic rings. The third-order valence-corrected chi connectivity index (χ3v) is 5.32. The van der Waals surface area contributed by atoms with Crippen molar-refractivity contribution in [3.05, 3.63) is 0 Å². The molecule has 2 heteroatoms. The van der Waals surface area contributed by atoms with Crippen LogP contribution in [0.25, 0.3) is 0 Å². The van der Waals surface area contributed by atoms with Crippen molar-refractivity contribution in [1.82, 2.24) is 4.90 Å². The summed E-state index contributed by atoms with van der Waals surface area (Å²) in [4.78, 5) is 2.70. The van der Waals surface area contributed by atoms with E-state index < -0.39 is 0 Å². The van der Waals surface area contributed by atoms with E-state index in [9.17, 15) is 5.26 Å². The normalized spacial score (nSPS) is 37.5. The Hall–Kier alpha value is -0.550.